The Bertz CT molecular complexity index is 599. The van der Waals surface area contributed by atoms with E-state index in [1.54, 1.807) is 37.7 Å². The van der Waals surface area contributed by atoms with Crippen LogP contribution in [0.1, 0.15) is 0 Å². The number of hydrogen-bond donors (Lipinski definition) is 4. The number of hydrogen-bond acceptors (Lipinski definition) is 3. The van der Waals surface area contributed by atoms with Crippen LogP contribution in [0.4, 0.5) is 10.5 Å². The lowest BCUT2D eigenvalue weighted by molar-refractivity contribution is -0.471. The van der Waals surface area contributed by atoms with Crippen molar-refractivity contribution in [3.05, 3.63) is 16.1 Å². The molecular weight excluding hydrogens is 319 g/mol. The molecule has 0 aliphatic rings. The van der Waals surface area contributed by atoms with Crippen LogP contribution in [0.25, 0.3) is 0 Å². The third-order valence-corrected chi connectivity index (χ3v) is 3.15. The van der Waals surface area contributed by atoms with Crippen LogP contribution in [0.5, 0.6) is 11.5 Å². The third-order valence-electron chi connectivity index (χ3n) is 2.48. The molecule has 0 radical (unpaired) electrons. The summed E-state index contributed by atoms with van der Waals surface area (Å²) in [7, 11) is 7.06. The number of urea groups is 1. The number of anilines is 1. The second kappa shape index (κ2) is 6.73. The predicted molar refractivity (Wildman–Crippen MR) is 82.7 cm³/mol. The first-order chi connectivity index (χ1) is 9.65. The topological polar surface area (TPSA) is 87.8 Å². The molecule has 0 bridgehead atoms. The SMILES string of the molecule is CN(C)C(NC(=O)Nc1c(Cl)cc(O)c(O)c1Cl)=[N+](C)C. The van der Waals surface area contributed by atoms with Gasteiger partial charge in [0.1, 0.15) is 5.02 Å². The van der Waals surface area contributed by atoms with Gasteiger partial charge < -0.3 is 10.2 Å². The van der Waals surface area contributed by atoms with Crippen molar-refractivity contribution in [2.45, 2.75) is 0 Å². The van der Waals surface area contributed by atoms with Gasteiger partial charge in [0, 0.05) is 6.07 Å². The smallest absolute Gasteiger partial charge is 0.384 e. The normalized spacial score (nSPS) is 10.0. The molecule has 2 amide bonds. The first-order valence-corrected chi connectivity index (χ1v) is 6.60. The van der Waals surface area contributed by atoms with Crippen LogP contribution in [-0.4, -0.2) is 59.9 Å². The molecule has 1 aromatic rings. The summed E-state index contributed by atoms with van der Waals surface area (Å²) in [4.78, 5) is 13.7. The molecule has 0 saturated heterocycles. The second-order valence-corrected chi connectivity index (χ2v) is 5.39. The van der Waals surface area contributed by atoms with Gasteiger partial charge in [-0.15, -0.1) is 0 Å². The summed E-state index contributed by atoms with van der Waals surface area (Å²) in [6.07, 6.45) is 0. The molecule has 1 rings (SSSR count). The van der Waals surface area contributed by atoms with Crippen molar-refractivity contribution >= 4 is 40.9 Å². The maximum absolute atomic E-state index is 12.0. The van der Waals surface area contributed by atoms with E-state index in [-0.39, 0.29) is 15.7 Å². The van der Waals surface area contributed by atoms with Crippen LogP contribution >= 0.6 is 23.2 Å². The van der Waals surface area contributed by atoms with Crippen LogP contribution in [0.15, 0.2) is 6.07 Å². The maximum Gasteiger partial charge on any atom is 0.384 e. The van der Waals surface area contributed by atoms with Crippen LogP contribution < -0.4 is 10.6 Å². The summed E-state index contributed by atoms with van der Waals surface area (Å²) in [6.45, 7) is 0. The van der Waals surface area contributed by atoms with Gasteiger partial charge in [0.05, 0.1) is 38.9 Å². The number of nitrogens with zero attached hydrogens (tertiary/aromatic N) is 2. The zero-order valence-electron chi connectivity index (χ0n) is 12.0. The Morgan fingerprint density at radius 2 is 1.86 bits per heavy atom. The van der Waals surface area contributed by atoms with Crippen LogP contribution in [-0.2, 0) is 0 Å². The highest BCUT2D eigenvalue weighted by Crippen LogP contribution is 2.43. The molecule has 116 valence electrons. The standard InChI is InChI=1S/C12H16Cl2N4O3/c1-17(2)12(18(3)4)16-11(21)15-9-6(13)5-7(19)10(20)8(9)14/h5H,1-4H3,(H3,15,19,20,21)/p+1. The molecule has 0 heterocycles. The Balaban J connectivity index is 3.00. The Morgan fingerprint density at radius 3 is 2.33 bits per heavy atom. The van der Waals surface area contributed by atoms with Gasteiger partial charge >= 0.3 is 12.0 Å². The van der Waals surface area contributed by atoms with Crippen LogP contribution in [0.2, 0.25) is 10.0 Å². The van der Waals surface area contributed by atoms with Crippen molar-refractivity contribution in [3.8, 4) is 11.5 Å². The van der Waals surface area contributed by atoms with Gasteiger partial charge in [0.25, 0.3) is 0 Å². The first kappa shape index (κ1) is 17.2. The van der Waals surface area contributed by atoms with Crippen LogP contribution in [0, 0.1) is 0 Å². The minimum atomic E-state index is -0.596. The van der Waals surface area contributed by atoms with Gasteiger partial charge in [0.15, 0.2) is 11.5 Å². The fourth-order valence-electron chi connectivity index (χ4n) is 1.58. The average molecular weight is 336 g/mol. The van der Waals surface area contributed by atoms with E-state index < -0.39 is 17.5 Å². The van der Waals surface area contributed by atoms with Crippen molar-refractivity contribution in [1.82, 2.24) is 10.2 Å². The van der Waals surface area contributed by atoms with Gasteiger partial charge in [-0.1, -0.05) is 23.2 Å². The first-order valence-electron chi connectivity index (χ1n) is 5.84. The highest BCUT2D eigenvalue weighted by molar-refractivity contribution is 6.41. The second-order valence-electron chi connectivity index (χ2n) is 4.61. The van der Waals surface area contributed by atoms with E-state index in [0.29, 0.717) is 5.96 Å². The fraction of sp³-hybridized carbons (Fsp3) is 0.333. The molecule has 21 heavy (non-hydrogen) atoms. The van der Waals surface area contributed by atoms with E-state index in [0.717, 1.165) is 6.07 Å². The number of guanidine groups is 1. The largest absolute Gasteiger partial charge is 0.504 e. The Hall–Kier alpha value is -1.86. The predicted octanol–water partition coefficient (Wildman–Crippen LogP) is 1.72. The van der Waals surface area contributed by atoms with Crippen molar-refractivity contribution in [3.63, 3.8) is 0 Å². The lowest BCUT2D eigenvalue weighted by Gasteiger charge is -2.14. The van der Waals surface area contributed by atoms with Gasteiger partial charge in [-0.25, -0.2) is 4.79 Å². The molecule has 0 saturated carbocycles. The van der Waals surface area contributed by atoms with E-state index >= 15 is 0 Å². The molecule has 0 fully saturated rings. The summed E-state index contributed by atoms with van der Waals surface area (Å²) in [5.41, 5.74) is 0.00277. The van der Waals surface area contributed by atoms with E-state index in [2.05, 4.69) is 10.6 Å². The lowest BCUT2D eigenvalue weighted by Crippen LogP contribution is -2.46. The van der Waals surface area contributed by atoms with Gasteiger partial charge in [0.2, 0.25) is 0 Å². The molecule has 0 aliphatic carbocycles. The molecular formula is C12H17Cl2N4O3+. The van der Waals surface area contributed by atoms with E-state index in [4.69, 9.17) is 23.2 Å². The van der Waals surface area contributed by atoms with Crippen molar-refractivity contribution in [2.24, 2.45) is 0 Å². The van der Waals surface area contributed by atoms with Crippen molar-refractivity contribution in [2.75, 3.05) is 33.5 Å². The summed E-state index contributed by atoms with van der Waals surface area (Å²) in [5, 5.41) is 23.7. The fourth-order valence-corrected chi connectivity index (χ4v) is 2.12. The quantitative estimate of drug-likeness (QED) is 0.207. The monoisotopic (exact) mass is 335 g/mol. The van der Waals surface area contributed by atoms with E-state index in [1.165, 1.54) is 0 Å². The minimum Gasteiger partial charge on any atom is -0.504 e. The Labute approximate surface area is 132 Å². The number of halogens is 2. The Morgan fingerprint density at radius 1 is 1.29 bits per heavy atom. The molecule has 7 nitrogen and oxygen atoms in total. The number of nitrogens with one attached hydrogen (secondary N) is 2. The minimum absolute atomic E-state index is 0.00158. The molecule has 0 aliphatic heterocycles. The van der Waals surface area contributed by atoms with E-state index in [9.17, 15) is 15.0 Å². The highest BCUT2D eigenvalue weighted by Gasteiger charge is 2.21. The van der Waals surface area contributed by atoms with Gasteiger partial charge in [-0.2, -0.15) is 5.32 Å². The molecule has 0 unspecified atom stereocenters. The van der Waals surface area contributed by atoms with Crippen LogP contribution in [0.3, 0.4) is 0 Å². The van der Waals surface area contributed by atoms with Gasteiger partial charge in [-0.05, 0) is 0 Å². The number of rotatable bonds is 1. The summed E-state index contributed by atoms with van der Waals surface area (Å²) >= 11 is 11.7. The zero-order valence-corrected chi connectivity index (χ0v) is 13.5. The van der Waals surface area contributed by atoms with Crippen molar-refractivity contribution < 1.29 is 19.6 Å². The number of carbonyl (C=O) groups is 1. The molecule has 0 aromatic heterocycles. The molecule has 4 N–H and O–H groups in total. The molecule has 9 heteroatoms. The maximum atomic E-state index is 12.0. The van der Waals surface area contributed by atoms with Crippen molar-refractivity contribution in [1.29, 1.82) is 0 Å². The Kier molecular flexibility index (Phi) is 5.51. The average Bonchev–Trinajstić information content (AvgIpc) is 2.37. The zero-order chi connectivity index (χ0) is 16.3. The lowest BCUT2D eigenvalue weighted by atomic mass is 10.2. The highest BCUT2D eigenvalue weighted by atomic mass is 35.5. The third kappa shape index (κ3) is 4.05. The number of phenolic OH excluding ortho intramolecular Hbond substituents is 2. The summed E-state index contributed by atoms with van der Waals surface area (Å²) < 4.78 is 1.71. The summed E-state index contributed by atoms with van der Waals surface area (Å²) in [6, 6.07) is 0.488. The molecule has 0 atom stereocenters. The number of benzene rings is 1. The molecule has 1 aromatic carbocycles. The number of phenols is 2. The summed E-state index contributed by atoms with van der Waals surface area (Å²) in [5.74, 6) is -0.492. The number of amides is 2. The van der Waals surface area contributed by atoms with Gasteiger partial charge in [-0.3, -0.25) is 14.8 Å². The number of aromatic hydroxyl groups is 2. The molecule has 0 spiro atoms. The number of carbonyl (C=O) groups excluding carboxylic acids is 1. The van der Waals surface area contributed by atoms with E-state index in [1.807, 2.05) is 0 Å².